The van der Waals surface area contributed by atoms with Crippen molar-refractivity contribution in [1.29, 1.82) is 0 Å². The Morgan fingerprint density at radius 1 is 0.966 bits per heavy atom. The molecule has 1 aliphatic rings. The normalized spacial score (nSPS) is 17.4. The average molecular weight is 415 g/mol. The highest BCUT2D eigenvalue weighted by Gasteiger charge is 2.38. The number of benzene rings is 2. The number of carbonyl (C=O) groups excluding carboxylic acids is 1. The molecule has 0 amide bonds. The number of rotatable bonds is 4. The lowest BCUT2D eigenvalue weighted by atomic mass is 9.63. The Hall–Kier alpha value is -2.14. The number of esters is 1. The van der Waals surface area contributed by atoms with Crippen LogP contribution in [0.15, 0.2) is 46.2 Å². The molecule has 0 unspecified atom stereocenters. The van der Waals surface area contributed by atoms with Crippen LogP contribution in [0.5, 0.6) is 0 Å². The van der Waals surface area contributed by atoms with Gasteiger partial charge in [0.15, 0.2) is 0 Å². The van der Waals surface area contributed by atoms with Crippen LogP contribution >= 0.6 is 0 Å². The molecule has 4 nitrogen and oxygen atoms in total. The van der Waals surface area contributed by atoms with E-state index in [0.717, 1.165) is 24.0 Å². The zero-order valence-electron chi connectivity index (χ0n) is 18.1. The third kappa shape index (κ3) is 3.85. The van der Waals surface area contributed by atoms with Gasteiger partial charge in [0.2, 0.25) is 9.84 Å². The van der Waals surface area contributed by atoms with E-state index in [1.54, 1.807) is 6.92 Å². The van der Waals surface area contributed by atoms with Gasteiger partial charge in [0.1, 0.15) is 0 Å². The lowest BCUT2D eigenvalue weighted by molar-refractivity contribution is 0.0526. The fourth-order valence-corrected chi connectivity index (χ4v) is 5.61. The lowest BCUT2D eigenvalue weighted by Crippen LogP contribution is -2.34. The molecule has 3 rings (SSSR count). The largest absolute Gasteiger partial charge is 0.462 e. The van der Waals surface area contributed by atoms with E-state index < -0.39 is 15.8 Å². The van der Waals surface area contributed by atoms with Crippen molar-refractivity contribution >= 4 is 15.8 Å². The number of sulfone groups is 1. The van der Waals surface area contributed by atoms with Gasteiger partial charge in [0.05, 0.1) is 22.0 Å². The molecule has 156 valence electrons. The van der Waals surface area contributed by atoms with Crippen LogP contribution in [0.3, 0.4) is 0 Å². The molecule has 2 aromatic rings. The number of ether oxygens (including phenoxy) is 1. The standard InChI is InChI=1S/C24H30O4S/c1-7-28-22(25)17-8-10-18(11-9-17)29(26,27)21-15-20-19(14-16(21)2)23(3,4)12-13-24(20,5)6/h8-11,14-15H,7,12-13H2,1-6H3. The molecule has 2 aromatic carbocycles. The Balaban J connectivity index is 2.10. The molecule has 1 aliphatic carbocycles. The molecule has 0 bridgehead atoms. The zero-order valence-corrected chi connectivity index (χ0v) is 18.9. The van der Waals surface area contributed by atoms with Crippen LogP contribution in [0.4, 0.5) is 0 Å². The number of carbonyl (C=O) groups is 1. The summed E-state index contributed by atoms with van der Waals surface area (Å²) in [7, 11) is -3.70. The third-order valence-corrected chi connectivity index (χ3v) is 8.03. The van der Waals surface area contributed by atoms with Gasteiger partial charge < -0.3 is 4.74 Å². The predicted molar refractivity (Wildman–Crippen MR) is 114 cm³/mol. The minimum atomic E-state index is -3.70. The lowest BCUT2D eigenvalue weighted by Gasteiger charge is -2.42. The minimum Gasteiger partial charge on any atom is -0.462 e. The number of fused-ring (bicyclic) bond motifs is 1. The first-order chi connectivity index (χ1) is 13.4. The van der Waals surface area contributed by atoms with E-state index in [9.17, 15) is 13.2 Å². The summed E-state index contributed by atoms with van der Waals surface area (Å²) in [6, 6.07) is 9.90. The second kappa shape index (κ2) is 7.28. The molecule has 0 aliphatic heterocycles. The first-order valence-electron chi connectivity index (χ1n) is 10.1. The van der Waals surface area contributed by atoms with E-state index >= 15 is 0 Å². The Morgan fingerprint density at radius 3 is 2.00 bits per heavy atom. The highest BCUT2D eigenvalue weighted by Crippen LogP contribution is 2.47. The van der Waals surface area contributed by atoms with E-state index in [-0.39, 0.29) is 22.3 Å². The monoisotopic (exact) mass is 414 g/mol. The summed E-state index contributed by atoms with van der Waals surface area (Å²) in [6.45, 7) is 12.7. The summed E-state index contributed by atoms with van der Waals surface area (Å²) in [5.74, 6) is -0.453. The Morgan fingerprint density at radius 2 is 1.48 bits per heavy atom. The molecular formula is C24H30O4S. The van der Waals surface area contributed by atoms with Gasteiger partial charge in [-0.05, 0) is 84.5 Å². The van der Waals surface area contributed by atoms with E-state index in [1.165, 1.54) is 29.8 Å². The Bertz CT molecular complexity index is 1050. The summed E-state index contributed by atoms with van der Waals surface area (Å²) in [6.07, 6.45) is 2.09. The van der Waals surface area contributed by atoms with Crippen LogP contribution in [0.2, 0.25) is 0 Å². The fourth-order valence-electron chi connectivity index (χ4n) is 4.10. The molecule has 0 N–H and O–H groups in total. The average Bonchev–Trinajstić information content (AvgIpc) is 2.65. The predicted octanol–water partition coefficient (Wildman–Crippen LogP) is 5.35. The second-order valence-corrected chi connectivity index (χ2v) is 11.1. The summed E-state index contributed by atoms with van der Waals surface area (Å²) >= 11 is 0. The van der Waals surface area contributed by atoms with Crippen molar-refractivity contribution in [2.24, 2.45) is 0 Å². The molecule has 0 saturated carbocycles. The van der Waals surface area contributed by atoms with Crippen molar-refractivity contribution in [1.82, 2.24) is 0 Å². The summed E-state index contributed by atoms with van der Waals surface area (Å²) < 4.78 is 31.8. The second-order valence-electron chi connectivity index (χ2n) is 9.18. The van der Waals surface area contributed by atoms with Gasteiger partial charge in [-0.25, -0.2) is 13.2 Å². The van der Waals surface area contributed by atoms with Gasteiger partial charge in [-0.15, -0.1) is 0 Å². The zero-order chi connectivity index (χ0) is 21.6. The summed E-state index contributed by atoms with van der Waals surface area (Å²) in [4.78, 5) is 12.4. The Kier molecular flexibility index (Phi) is 5.41. The van der Waals surface area contributed by atoms with Crippen molar-refractivity contribution in [2.75, 3.05) is 6.61 Å². The summed E-state index contributed by atoms with van der Waals surface area (Å²) in [5, 5.41) is 0. The van der Waals surface area contributed by atoms with Gasteiger partial charge in [0, 0.05) is 0 Å². The number of hydrogen-bond donors (Lipinski definition) is 0. The highest BCUT2D eigenvalue weighted by molar-refractivity contribution is 7.91. The molecule has 29 heavy (non-hydrogen) atoms. The third-order valence-electron chi connectivity index (χ3n) is 6.11. The van der Waals surface area contributed by atoms with Crippen molar-refractivity contribution < 1.29 is 17.9 Å². The van der Waals surface area contributed by atoms with Crippen LogP contribution in [-0.2, 0) is 25.4 Å². The molecule has 0 aromatic heterocycles. The van der Waals surface area contributed by atoms with E-state index in [2.05, 4.69) is 33.8 Å². The maximum atomic E-state index is 13.4. The van der Waals surface area contributed by atoms with Crippen molar-refractivity contribution in [3.05, 3.63) is 58.7 Å². The van der Waals surface area contributed by atoms with Gasteiger partial charge in [-0.3, -0.25) is 0 Å². The first kappa shape index (κ1) is 21.6. The van der Waals surface area contributed by atoms with Crippen LogP contribution in [-0.4, -0.2) is 21.0 Å². The summed E-state index contributed by atoms with van der Waals surface area (Å²) in [5.41, 5.74) is 3.40. The maximum absolute atomic E-state index is 13.4. The van der Waals surface area contributed by atoms with Gasteiger partial charge in [-0.1, -0.05) is 33.8 Å². The van der Waals surface area contributed by atoms with E-state index in [4.69, 9.17) is 4.74 Å². The van der Waals surface area contributed by atoms with Crippen LogP contribution in [0.1, 0.15) is 74.5 Å². The molecule has 0 atom stereocenters. The smallest absolute Gasteiger partial charge is 0.338 e. The van der Waals surface area contributed by atoms with Crippen LogP contribution in [0, 0.1) is 6.92 Å². The molecule has 0 fully saturated rings. The Labute approximate surface area is 174 Å². The fraction of sp³-hybridized carbons (Fsp3) is 0.458. The van der Waals surface area contributed by atoms with Crippen molar-refractivity contribution in [3.8, 4) is 0 Å². The topological polar surface area (TPSA) is 60.4 Å². The quantitative estimate of drug-likeness (QED) is 0.633. The molecule has 0 spiro atoms. The number of aryl methyl sites for hydroxylation is 1. The molecule has 0 heterocycles. The molecule has 0 radical (unpaired) electrons. The van der Waals surface area contributed by atoms with Gasteiger partial charge in [-0.2, -0.15) is 0 Å². The SMILES string of the molecule is CCOC(=O)c1ccc(S(=O)(=O)c2cc3c(cc2C)C(C)(C)CCC3(C)C)cc1. The van der Waals surface area contributed by atoms with E-state index in [1.807, 2.05) is 13.0 Å². The molecule has 5 heteroatoms. The van der Waals surface area contributed by atoms with Gasteiger partial charge in [0.25, 0.3) is 0 Å². The molecule has 0 saturated heterocycles. The molecular weight excluding hydrogens is 384 g/mol. The minimum absolute atomic E-state index is 0.0270. The van der Waals surface area contributed by atoms with E-state index in [0.29, 0.717) is 10.5 Å². The van der Waals surface area contributed by atoms with Crippen molar-refractivity contribution in [2.45, 2.75) is 75.0 Å². The number of hydrogen-bond acceptors (Lipinski definition) is 4. The maximum Gasteiger partial charge on any atom is 0.338 e. The van der Waals surface area contributed by atoms with Gasteiger partial charge >= 0.3 is 5.97 Å². The van der Waals surface area contributed by atoms with Crippen molar-refractivity contribution in [3.63, 3.8) is 0 Å². The highest BCUT2D eigenvalue weighted by atomic mass is 32.2. The van der Waals surface area contributed by atoms with Crippen LogP contribution < -0.4 is 0 Å². The van der Waals surface area contributed by atoms with Crippen LogP contribution in [0.25, 0.3) is 0 Å². The first-order valence-corrected chi connectivity index (χ1v) is 11.6.